The van der Waals surface area contributed by atoms with E-state index in [0.717, 1.165) is 13.0 Å². The van der Waals surface area contributed by atoms with Crippen molar-refractivity contribution in [1.82, 2.24) is 14.8 Å². The Kier molecular flexibility index (Phi) is 4.76. The Morgan fingerprint density at radius 2 is 2.22 bits per heavy atom. The standard InChI is InChI=1S/C14H25N3S/c1-11(2)17-8-7-16(9-12(17)3)6-5-14-10-18-13(4)15-14/h10-12H,5-9H2,1-4H3. The van der Waals surface area contributed by atoms with Crippen LogP contribution < -0.4 is 0 Å². The van der Waals surface area contributed by atoms with Crippen LogP contribution in [-0.2, 0) is 6.42 Å². The summed E-state index contributed by atoms with van der Waals surface area (Å²) in [5.41, 5.74) is 1.26. The average Bonchev–Trinajstić information content (AvgIpc) is 2.72. The SMILES string of the molecule is Cc1nc(CCN2CCN(C(C)C)C(C)C2)cs1. The molecule has 1 aliphatic rings. The van der Waals surface area contributed by atoms with Gasteiger partial charge >= 0.3 is 0 Å². The summed E-state index contributed by atoms with van der Waals surface area (Å²) in [7, 11) is 0. The van der Waals surface area contributed by atoms with Crippen molar-refractivity contribution in [3.05, 3.63) is 16.1 Å². The maximum Gasteiger partial charge on any atom is 0.0897 e. The number of aromatic nitrogens is 1. The Hall–Kier alpha value is -0.450. The van der Waals surface area contributed by atoms with Gasteiger partial charge < -0.3 is 4.90 Å². The molecule has 2 heterocycles. The Morgan fingerprint density at radius 3 is 2.78 bits per heavy atom. The highest BCUT2D eigenvalue weighted by Crippen LogP contribution is 2.14. The monoisotopic (exact) mass is 267 g/mol. The van der Waals surface area contributed by atoms with Gasteiger partial charge in [-0.15, -0.1) is 11.3 Å². The summed E-state index contributed by atoms with van der Waals surface area (Å²) in [6.45, 7) is 13.8. The highest BCUT2D eigenvalue weighted by molar-refractivity contribution is 7.09. The molecule has 1 fully saturated rings. The Balaban J connectivity index is 1.79. The van der Waals surface area contributed by atoms with Crippen molar-refractivity contribution >= 4 is 11.3 Å². The molecule has 1 aromatic heterocycles. The molecule has 0 N–H and O–H groups in total. The lowest BCUT2D eigenvalue weighted by atomic mass is 10.1. The second kappa shape index (κ2) is 6.13. The molecule has 1 aliphatic heterocycles. The number of thiazole rings is 1. The molecule has 2 rings (SSSR count). The molecular formula is C14H25N3S. The Labute approximate surface area is 115 Å². The average molecular weight is 267 g/mol. The highest BCUT2D eigenvalue weighted by Gasteiger charge is 2.24. The van der Waals surface area contributed by atoms with Gasteiger partial charge in [0.2, 0.25) is 0 Å². The van der Waals surface area contributed by atoms with E-state index in [1.165, 1.54) is 30.3 Å². The molecule has 0 bridgehead atoms. The van der Waals surface area contributed by atoms with Crippen molar-refractivity contribution < 1.29 is 0 Å². The molecule has 4 heteroatoms. The predicted molar refractivity (Wildman–Crippen MR) is 78.3 cm³/mol. The molecule has 0 radical (unpaired) electrons. The smallest absolute Gasteiger partial charge is 0.0897 e. The molecule has 18 heavy (non-hydrogen) atoms. The van der Waals surface area contributed by atoms with Crippen molar-refractivity contribution in [2.24, 2.45) is 0 Å². The van der Waals surface area contributed by atoms with Gasteiger partial charge in [-0.25, -0.2) is 4.98 Å². The first-order chi connectivity index (χ1) is 8.56. The van der Waals surface area contributed by atoms with E-state index >= 15 is 0 Å². The van der Waals surface area contributed by atoms with Crippen molar-refractivity contribution in [2.75, 3.05) is 26.2 Å². The number of hydrogen-bond donors (Lipinski definition) is 0. The fourth-order valence-corrected chi connectivity index (χ4v) is 3.46. The van der Waals surface area contributed by atoms with E-state index in [2.05, 4.69) is 47.9 Å². The van der Waals surface area contributed by atoms with E-state index < -0.39 is 0 Å². The Bertz CT molecular complexity index is 375. The summed E-state index contributed by atoms with van der Waals surface area (Å²) in [5.74, 6) is 0. The molecular weight excluding hydrogens is 242 g/mol. The van der Waals surface area contributed by atoms with Crippen LogP contribution in [0.25, 0.3) is 0 Å². The largest absolute Gasteiger partial charge is 0.300 e. The first kappa shape index (κ1) is 14.0. The molecule has 0 aromatic carbocycles. The van der Waals surface area contributed by atoms with Crippen LogP contribution in [0.1, 0.15) is 31.5 Å². The molecule has 0 aliphatic carbocycles. The number of nitrogens with zero attached hydrogens (tertiary/aromatic N) is 3. The van der Waals surface area contributed by atoms with E-state index in [1.54, 1.807) is 11.3 Å². The van der Waals surface area contributed by atoms with Gasteiger partial charge in [0.05, 0.1) is 10.7 Å². The van der Waals surface area contributed by atoms with Gasteiger partial charge in [-0.2, -0.15) is 0 Å². The summed E-state index contributed by atoms with van der Waals surface area (Å²) in [6, 6.07) is 1.35. The zero-order chi connectivity index (χ0) is 13.1. The van der Waals surface area contributed by atoms with Crippen LogP contribution in [0.3, 0.4) is 0 Å². The lowest BCUT2D eigenvalue weighted by Crippen LogP contribution is -2.54. The maximum absolute atomic E-state index is 4.54. The quantitative estimate of drug-likeness (QED) is 0.835. The summed E-state index contributed by atoms with van der Waals surface area (Å²) in [6.07, 6.45) is 1.10. The lowest BCUT2D eigenvalue weighted by molar-refractivity contribution is 0.0609. The van der Waals surface area contributed by atoms with Crippen molar-refractivity contribution in [3.63, 3.8) is 0 Å². The van der Waals surface area contributed by atoms with E-state index in [9.17, 15) is 0 Å². The minimum atomic E-state index is 0.670. The first-order valence-corrected chi connectivity index (χ1v) is 7.83. The van der Waals surface area contributed by atoms with Gasteiger partial charge in [0.1, 0.15) is 0 Å². The van der Waals surface area contributed by atoms with Crippen LogP contribution in [0.2, 0.25) is 0 Å². The molecule has 0 saturated carbocycles. The van der Waals surface area contributed by atoms with Crippen LogP contribution in [-0.4, -0.2) is 53.0 Å². The zero-order valence-corrected chi connectivity index (χ0v) is 12.8. The number of rotatable bonds is 4. The van der Waals surface area contributed by atoms with Crippen LogP contribution >= 0.6 is 11.3 Å². The number of aryl methyl sites for hydroxylation is 1. The fraction of sp³-hybridized carbons (Fsp3) is 0.786. The summed E-state index contributed by atoms with van der Waals surface area (Å²) < 4.78 is 0. The lowest BCUT2D eigenvalue weighted by Gasteiger charge is -2.42. The van der Waals surface area contributed by atoms with E-state index in [1.807, 2.05) is 0 Å². The normalized spacial score (nSPS) is 22.8. The summed E-state index contributed by atoms with van der Waals surface area (Å²) >= 11 is 1.76. The third kappa shape index (κ3) is 3.53. The van der Waals surface area contributed by atoms with E-state index in [0.29, 0.717) is 12.1 Å². The van der Waals surface area contributed by atoms with Gasteiger partial charge in [-0.1, -0.05) is 0 Å². The third-order valence-electron chi connectivity index (χ3n) is 3.78. The minimum Gasteiger partial charge on any atom is -0.300 e. The number of piperazine rings is 1. The van der Waals surface area contributed by atoms with Crippen LogP contribution in [0, 0.1) is 6.92 Å². The van der Waals surface area contributed by atoms with E-state index in [-0.39, 0.29) is 0 Å². The highest BCUT2D eigenvalue weighted by atomic mass is 32.1. The molecule has 1 atom stereocenters. The van der Waals surface area contributed by atoms with Crippen LogP contribution in [0.5, 0.6) is 0 Å². The molecule has 1 unspecified atom stereocenters. The molecule has 0 spiro atoms. The molecule has 0 amide bonds. The molecule has 102 valence electrons. The van der Waals surface area contributed by atoms with Crippen molar-refractivity contribution in [2.45, 2.75) is 46.2 Å². The summed E-state index contributed by atoms with van der Waals surface area (Å²) in [4.78, 5) is 9.72. The Morgan fingerprint density at radius 1 is 1.44 bits per heavy atom. The zero-order valence-electron chi connectivity index (χ0n) is 12.0. The molecule has 3 nitrogen and oxygen atoms in total. The second-order valence-electron chi connectivity index (χ2n) is 5.59. The second-order valence-corrected chi connectivity index (χ2v) is 6.65. The topological polar surface area (TPSA) is 19.4 Å². The maximum atomic E-state index is 4.54. The predicted octanol–water partition coefficient (Wildman–Crippen LogP) is 2.41. The van der Waals surface area contributed by atoms with Crippen molar-refractivity contribution in [3.8, 4) is 0 Å². The molecule has 1 saturated heterocycles. The third-order valence-corrected chi connectivity index (χ3v) is 4.60. The van der Waals surface area contributed by atoms with Gasteiger partial charge in [0.25, 0.3) is 0 Å². The van der Waals surface area contributed by atoms with Crippen molar-refractivity contribution in [1.29, 1.82) is 0 Å². The minimum absolute atomic E-state index is 0.670. The van der Waals surface area contributed by atoms with Crippen LogP contribution in [0.15, 0.2) is 5.38 Å². The fourth-order valence-electron chi connectivity index (χ4n) is 2.81. The van der Waals surface area contributed by atoms with Gasteiger partial charge in [-0.3, -0.25) is 4.90 Å². The number of hydrogen-bond acceptors (Lipinski definition) is 4. The van der Waals surface area contributed by atoms with Crippen LogP contribution in [0.4, 0.5) is 0 Å². The van der Waals surface area contributed by atoms with Gasteiger partial charge in [0.15, 0.2) is 0 Å². The first-order valence-electron chi connectivity index (χ1n) is 6.95. The molecule has 1 aromatic rings. The van der Waals surface area contributed by atoms with E-state index in [4.69, 9.17) is 0 Å². The van der Waals surface area contributed by atoms with Gasteiger partial charge in [-0.05, 0) is 27.7 Å². The summed E-state index contributed by atoms with van der Waals surface area (Å²) in [5, 5.41) is 3.38. The van der Waals surface area contributed by atoms with Gasteiger partial charge in [0, 0.05) is 50.1 Å².